The second-order valence-electron chi connectivity index (χ2n) is 7.08. The Hall–Kier alpha value is -3.64. The van der Waals surface area contributed by atoms with E-state index >= 15 is 0 Å². The molecule has 5 nitrogen and oxygen atoms in total. The molecule has 3 aromatic carbocycles. The third-order valence-corrected chi connectivity index (χ3v) is 5.88. The lowest BCUT2D eigenvalue weighted by molar-refractivity contribution is -0.118. The lowest BCUT2D eigenvalue weighted by Crippen LogP contribution is -2.20. The normalized spacial score (nSPS) is 11.1. The molecule has 2 aromatic heterocycles. The number of aryl methyl sites for hydroxylation is 1. The minimum Gasteiger partial charge on any atom is -0.484 e. The monoisotopic (exact) mass is 413 g/mol. The number of anilines is 1. The first-order valence-electron chi connectivity index (χ1n) is 9.61. The van der Waals surface area contributed by atoms with E-state index in [4.69, 9.17) is 4.74 Å². The number of aromatic nitrogens is 2. The fraction of sp³-hybridized carbons (Fsp3) is 0.0833. The van der Waals surface area contributed by atoms with Crippen molar-refractivity contribution in [1.82, 2.24) is 9.38 Å². The van der Waals surface area contributed by atoms with Gasteiger partial charge in [0.15, 0.2) is 11.6 Å². The third-order valence-electron chi connectivity index (χ3n) is 4.92. The first-order chi connectivity index (χ1) is 14.7. The number of hydrogen-bond donors (Lipinski definition) is 1. The molecule has 0 fully saturated rings. The highest BCUT2D eigenvalue weighted by molar-refractivity contribution is 7.15. The van der Waals surface area contributed by atoms with Crippen molar-refractivity contribution in [2.75, 3.05) is 11.9 Å². The van der Waals surface area contributed by atoms with Crippen LogP contribution in [0.25, 0.3) is 27.0 Å². The van der Waals surface area contributed by atoms with Gasteiger partial charge in [-0.3, -0.25) is 9.20 Å². The molecule has 5 aromatic rings. The number of nitrogens with one attached hydrogen (secondary N) is 1. The van der Waals surface area contributed by atoms with E-state index in [1.807, 2.05) is 72.9 Å². The topological polar surface area (TPSA) is 55.6 Å². The summed E-state index contributed by atoms with van der Waals surface area (Å²) in [6.07, 6.45) is 2.02. The van der Waals surface area contributed by atoms with Crippen LogP contribution in [0.5, 0.6) is 5.75 Å². The molecule has 0 aliphatic carbocycles. The van der Waals surface area contributed by atoms with Gasteiger partial charge in [0.2, 0.25) is 0 Å². The van der Waals surface area contributed by atoms with Crippen molar-refractivity contribution in [2.24, 2.45) is 0 Å². The first kappa shape index (κ1) is 18.4. The number of carbonyl (C=O) groups excluding carboxylic acids is 1. The van der Waals surface area contributed by atoms with Crippen molar-refractivity contribution in [3.8, 4) is 17.0 Å². The first-order valence-corrected chi connectivity index (χ1v) is 10.5. The number of fused-ring (bicyclic) bond motifs is 2. The summed E-state index contributed by atoms with van der Waals surface area (Å²) in [5.74, 6) is 0.466. The van der Waals surface area contributed by atoms with Gasteiger partial charge in [-0.05, 0) is 42.0 Å². The molecule has 0 aliphatic heterocycles. The molecule has 0 radical (unpaired) electrons. The van der Waals surface area contributed by atoms with Gasteiger partial charge in [0, 0.05) is 28.5 Å². The van der Waals surface area contributed by atoms with Gasteiger partial charge in [0.05, 0.1) is 5.69 Å². The Morgan fingerprint density at radius 1 is 1.07 bits per heavy atom. The summed E-state index contributed by atoms with van der Waals surface area (Å²) >= 11 is 1.61. The van der Waals surface area contributed by atoms with Crippen LogP contribution in [0.3, 0.4) is 0 Å². The molecular formula is C24H19N3O2S. The molecule has 1 N–H and O–H groups in total. The molecule has 0 unspecified atom stereocenters. The Morgan fingerprint density at radius 3 is 2.80 bits per heavy atom. The van der Waals surface area contributed by atoms with Gasteiger partial charge in [0.25, 0.3) is 5.91 Å². The molecule has 0 spiro atoms. The summed E-state index contributed by atoms with van der Waals surface area (Å²) < 4.78 is 7.75. The van der Waals surface area contributed by atoms with Gasteiger partial charge in [-0.2, -0.15) is 0 Å². The second kappa shape index (κ2) is 7.65. The maximum Gasteiger partial charge on any atom is 0.262 e. The van der Waals surface area contributed by atoms with E-state index in [9.17, 15) is 4.79 Å². The molecule has 0 aliphatic rings. The molecule has 148 valence electrons. The average molecular weight is 414 g/mol. The van der Waals surface area contributed by atoms with E-state index in [0.29, 0.717) is 11.4 Å². The lowest BCUT2D eigenvalue weighted by Gasteiger charge is -2.09. The molecule has 0 atom stereocenters. The largest absolute Gasteiger partial charge is 0.484 e. The van der Waals surface area contributed by atoms with Gasteiger partial charge in [-0.15, -0.1) is 11.3 Å². The van der Waals surface area contributed by atoms with Gasteiger partial charge in [-0.1, -0.05) is 42.5 Å². The highest BCUT2D eigenvalue weighted by Gasteiger charge is 2.10. The van der Waals surface area contributed by atoms with Crippen molar-refractivity contribution in [2.45, 2.75) is 6.92 Å². The maximum absolute atomic E-state index is 12.4. The number of nitrogens with zero attached hydrogens (tertiary/aromatic N) is 2. The van der Waals surface area contributed by atoms with Crippen LogP contribution in [0.4, 0.5) is 5.69 Å². The number of carbonyl (C=O) groups is 1. The summed E-state index contributed by atoms with van der Waals surface area (Å²) in [6.45, 7) is 2.00. The number of benzene rings is 3. The molecule has 6 heteroatoms. The smallest absolute Gasteiger partial charge is 0.262 e. The van der Waals surface area contributed by atoms with Gasteiger partial charge in [-0.25, -0.2) is 4.98 Å². The quantitative estimate of drug-likeness (QED) is 0.411. The molecule has 5 rings (SSSR count). The van der Waals surface area contributed by atoms with Crippen LogP contribution in [-0.2, 0) is 4.79 Å². The van der Waals surface area contributed by atoms with E-state index in [2.05, 4.69) is 27.0 Å². The highest BCUT2D eigenvalue weighted by Crippen LogP contribution is 2.25. The number of thiazole rings is 1. The van der Waals surface area contributed by atoms with Crippen LogP contribution in [0.15, 0.2) is 78.3 Å². The van der Waals surface area contributed by atoms with Crippen LogP contribution in [0, 0.1) is 6.92 Å². The van der Waals surface area contributed by atoms with Crippen molar-refractivity contribution in [3.05, 3.63) is 84.0 Å². The highest BCUT2D eigenvalue weighted by atomic mass is 32.1. The summed E-state index contributed by atoms with van der Waals surface area (Å²) in [4.78, 5) is 18.0. The molecule has 0 saturated carbocycles. The molecule has 30 heavy (non-hydrogen) atoms. The van der Waals surface area contributed by atoms with Crippen molar-refractivity contribution >= 4 is 38.7 Å². The van der Waals surface area contributed by atoms with Gasteiger partial charge < -0.3 is 10.1 Å². The van der Waals surface area contributed by atoms with E-state index in [-0.39, 0.29) is 12.5 Å². The Morgan fingerprint density at radius 2 is 1.93 bits per heavy atom. The predicted molar refractivity (Wildman–Crippen MR) is 121 cm³/mol. The van der Waals surface area contributed by atoms with Crippen LogP contribution in [0.1, 0.15) is 5.69 Å². The van der Waals surface area contributed by atoms with Crippen molar-refractivity contribution in [1.29, 1.82) is 0 Å². The summed E-state index contributed by atoms with van der Waals surface area (Å²) in [6, 6.07) is 21.5. The fourth-order valence-corrected chi connectivity index (χ4v) is 4.24. The number of amides is 1. The lowest BCUT2D eigenvalue weighted by atomic mass is 10.1. The van der Waals surface area contributed by atoms with E-state index in [1.165, 1.54) is 0 Å². The third kappa shape index (κ3) is 3.65. The number of ether oxygens (including phenoxy) is 1. The SMILES string of the molecule is Cc1csc2nc(-c3cccc(NC(=O)COc4ccc5ccccc5c4)c3)cn12. The average Bonchev–Trinajstić information content (AvgIpc) is 3.34. The van der Waals surface area contributed by atoms with Crippen molar-refractivity contribution < 1.29 is 9.53 Å². The second-order valence-corrected chi connectivity index (χ2v) is 7.92. The zero-order chi connectivity index (χ0) is 20.5. The van der Waals surface area contributed by atoms with Crippen LogP contribution < -0.4 is 10.1 Å². The van der Waals surface area contributed by atoms with Crippen LogP contribution in [-0.4, -0.2) is 21.9 Å². The minimum atomic E-state index is -0.207. The van der Waals surface area contributed by atoms with E-state index in [0.717, 1.165) is 32.7 Å². The standard InChI is InChI=1S/C24H19N3O2S/c1-16-15-30-24-26-22(13-27(16)24)19-7-4-8-20(11-19)25-23(28)14-29-21-10-9-17-5-2-3-6-18(17)12-21/h2-13,15H,14H2,1H3,(H,25,28). The Balaban J connectivity index is 1.27. The molecular weight excluding hydrogens is 394 g/mol. The Bertz CT molecular complexity index is 1370. The van der Waals surface area contributed by atoms with Gasteiger partial charge >= 0.3 is 0 Å². The van der Waals surface area contributed by atoms with E-state index < -0.39 is 0 Å². The predicted octanol–water partition coefficient (Wildman–Crippen LogP) is 5.54. The summed E-state index contributed by atoms with van der Waals surface area (Å²) in [5, 5.41) is 7.21. The molecule has 0 saturated heterocycles. The maximum atomic E-state index is 12.4. The minimum absolute atomic E-state index is 0.0536. The fourth-order valence-electron chi connectivity index (χ4n) is 3.39. The zero-order valence-electron chi connectivity index (χ0n) is 16.3. The molecule has 1 amide bonds. The Kier molecular flexibility index (Phi) is 4.69. The van der Waals surface area contributed by atoms with Crippen LogP contribution in [0.2, 0.25) is 0 Å². The van der Waals surface area contributed by atoms with Gasteiger partial charge in [0.1, 0.15) is 5.75 Å². The number of rotatable bonds is 5. The van der Waals surface area contributed by atoms with Crippen LogP contribution >= 0.6 is 11.3 Å². The number of imidazole rings is 1. The van der Waals surface area contributed by atoms with E-state index in [1.54, 1.807) is 11.3 Å². The zero-order valence-corrected chi connectivity index (χ0v) is 17.1. The summed E-state index contributed by atoms with van der Waals surface area (Å²) in [5.41, 5.74) is 3.71. The molecule has 2 heterocycles. The summed E-state index contributed by atoms with van der Waals surface area (Å²) in [7, 11) is 0. The van der Waals surface area contributed by atoms with Crippen molar-refractivity contribution in [3.63, 3.8) is 0 Å². The molecule has 0 bridgehead atoms. The number of hydrogen-bond acceptors (Lipinski definition) is 4. The Labute approximate surface area is 177 Å².